The molecule has 1 heterocycles. The third kappa shape index (κ3) is 4.46. The Morgan fingerprint density at radius 1 is 1.30 bits per heavy atom. The Kier molecular flexibility index (Phi) is 5.90. The zero-order valence-corrected chi connectivity index (χ0v) is 12.1. The highest BCUT2D eigenvalue weighted by molar-refractivity contribution is 6.08. The molecule has 1 fully saturated rings. The summed E-state index contributed by atoms with van der Waals surface area (Å²) in [6, 6.07) is -0.534. The third-order valence-corrected chi connectivity index (χ3v) is 2.85. The van der Waals surface area contributed by atoms with Gasteiger partial charge in [-0.05, 0) is 13.8 Å². The Hall–Kier alpha value is -1.67. The van der Waals surface area contributed by atoms with E-state index in [0.29, 0.717) is 26.2 Å². The average molecular weight is 286 g/mol. The summed E-state index contributed by atoms with van der Waals surface area (Å²) in [5, 5.41) is 8.23. The van der Waals surface area contributed by atoms with Crippen molar-refractivity contribution in [2.24, 2.45) is 0 Å². The van der Waals surface area contributed by atoms with E-state index in [1.165, 1.54) is 0 Å². The first-order chi connectivity index (χ1) is 9.38. The second-order valence-electron chi connectivity index (χ2n) is 5.04. The molecule has 114 valence electrons. The van der Waals surface area contributed by atoms with E-state index >= 15 is 0 Å². The molecule has 1 aliphatic heterocycles. The summed E-state index contributed by atoms with van der Waals surface area (Å²) < 4.78 is 4.86. The Morgan fingerprint density at radius 2 is 2.00 bits per heavy atom. The van der Waals surface area contributed by atoms with Gasteiger partial charge in [0.05, 0.1) is 6.61 Å². The van der Waals surface area contributed by atoms with Crippen LogP contribution in [0.15, 0.2) is 0 Å². The smallest absolute Gasteiger partial charge is 0.325 e. The normalized spacial score (nSPS) is 17.2. The maximum Gasteiger partial charge on any atom is 0.325 e. The van der Waals surface area contributed by atoms with E-state index in [1.807, 2.05) is 0 Å². The van der Waals surface area contributed by atoms with E-state index in [1.54, 1.807) is 21.0 Å². The van der Waals surface area contributed by atoms with Crippen molar-refractivity contribution in [1.82, 2.24) is 20.9 Å². The van der Waals surface area contributed by atoms with Gasteiger partial charge in [-0.15, -0.1) is 0 Å². The van der Waals surface area contributed by atoms with Gasteiger partial charge in [0.1, 0.15) is 12.1 Å². The molecule has 0 unspecified atom stereocenters. The van der Waals surface area contributed by atoms with Gasteiger partial charge in [-0.25, -0.2) is 4.79 Å². The molecule has 0 radical (unpaired) electrons. The predicted octanol–water partition coefficient (Wildman–Crippen LogP) is -1.33. The Morgan fingerprint density at radius 3 is 2.55 bits per heavy atom. The van der Waals surface area contributed by atoms with E-state index in [4.69, 9.17) is 4.74 Å². The van der Waals surface area contributed by atoms with Crippen LogP contribution in [0.25, 0.3) is 0 Å². The highest BCUT2D eigenvalue weighted by Gasteiger charge is 2.44. The van der Waals surface area contributed by atoms with E-state index < -0.39 is 17.5 Å². The molecule has 0 aromatic carbocycles. The van der Waals surface area contributed by atoms with Crippen molar-refractivity contribution >= 4 is 17.8 Å². The lowest BCUT2D eigenvalue weighted by Crippen LogP contribution is -2.44. The second-order valence-corrected chi connectivity index (χ2v) is 5.04. The molecular formula is C12H22N4O4. The molecule has 0 aromatic heterocycles. The van der Waals surface area contributed by atoms with Crippen molar-refractivity contribution in [2.75, 3.05) is 39.9 Å². The van der Waals surface area contributed by atoms with Crippen LogP contribution < -0.4 is 16.0 Å². The number of hydrogen-bond acceptors (Lipinski definition) is 5. The largest absolute Gasteiger partial charge is 0.383 e. The number of urea groups is 1. The van der Waals surface area contributed by atoms with Gasteiger partial charge >= 0.3 is 6.03 Å². The molecule has 0 bridgehead atoms. The number of imide groups is 1. The van der Waals surface area contributed by atoms with Crippen LogP contribution in [0.4, 0.5) is 4.79 Å². The second kappa shape index (κ2) is 7.20. The standard InChI is InChI=1S/C12H22N4O4/c1-12(2)10(18)16(11(19)15-12)8-9(17)14-5-4-13-6-7-20-3/h13H,4-8H2,1-3H3,(H,14,17)(H,15,19). The van der Waals surface area contributed by atoms with Crippen molar-refractivity contribution in [2.45, 2.75) is 19.4 Å². The SMILES string of the molecule is COCCNCCNC(=O)CN1C(=O)NC(C)(C)C1=O. The number of methoxy groups -OCH3 is 1. The van der Waals surface area contributed by atoms with Gasteiger partial charge in [-0.2, -0.15) is 0 Å². The minimum absolute atomic E-state index is 0.258. The molecule has 0 saturated carbocycles. The predicted molar refractivity (Wildman–Crippen MR) is 72.1 cm³/mol. The van der Waals surface area contributed by atoms with Gasteiger partial charge in [0, 0.05) is 26.7 Å². The summed E-state index contributed by atoms with van der Waals surface area (Å²) in [6.45, 7) is 5.28. The minimum atomic E-state index is -0.945. The first kappa shape index (κ1) is 16.4. The topological polar surface area (TPSA) is 99.8 Å². The summed E-state index contributed by atoms with van der Waals surface area (Å²) in [6.07, 6.45) is 0. The molecule has 8 heteroatoms. The molecule has 1 rings (SSSR count). The zero-order chi connectivity index (χ0) is 15.2. The number of nitrogens with one attached hydrogen (secondary N) is 3. The average Bonchev–Trinajstić information content (AvgIpc) is 2.56. The lowest BCUT2D eigenvalue weighted by Gasteiger charge is -2.15. The molecule has 3 N–H and O–H groups in total. The quantitative estimate of drug-likeness (QED) is 0.379. The fourth-order valence-corrected chi connectivity index (χ4v) is 1.75. The summed E-state index contributed by atoms with van der Waals surface area (Å²) in [5.74, 6) is -0.754. The summed E-state index contributed by atoms with van der Waals surface area (Å²) in [4.78, 5) is 36.0. The fourth-order valence-electron chi connectivity index (χ4n) is 1.75. The van der Waals surface area contributed by atoms with Gasteiger partial charge in [-0.1, -0.05) is 0 Å². The van der Waals surface area contributed by atoms with Crippen molar-refractivity contribution in [3.8, 4) is 0 Å². The first-order valence-corrected chi connectivity index (χ1v) is 6.49. The summed E-state index contributed by atoms with van der Waals surface area (Å²) in [7, 11) is 1.61. The Labute approximate surface area is 118 Å². The monoisotopic (exact) mass is 286 g/mol. The summed E-state index contributed by atoms with van der Waals surface area (Å²) in [5.41, 5.74) is -0.945. The number of hydrogen-bond donors (Lipinski definition) is 3. The van der Waals surface area contributed by atoms with Crippen molar-refractivity contribution in [3.63, 3.8) is 0 Å². The molecule has 0 aromatic rings. The number of carbonyl (C=O) groups excluding carboxylic acids is 3. The highest BCUT2D eigenvalue weighted by atomic mass is 16.5. The van der Waals surface area contributed by atoms with Crippen molar-refractivity contribution in [1.29, 1.82) is 0 Å². The van der Waals surface area contributed by atoms with Crippen LogP contribution in [0.5, 0.6) is 0 Å². The van der Waals surface area contributed by atoms with Crippen LogP contribution >= 0.6 is 0 Å². The molecule has 0 aliphatic carbocycles. The van der Waals surface area contributed by atoms with E-state index in [-0.39, 0.29) is 12.5 Å². The molecule has 4 amide bonds. The third-order valence-electron chi connectivity index (χ3n) is 2.85. The summed E-state index contributed by atoms with van der Waals surface area (Å²) >= 11 is 0. The lowest BCUT2D eigenvalue weighted by molar-refractivity contribution is -0.134. The minimum Gasteiger partial charge on any atom is -0.383 e. The molecular weight excluding hydrogens is 264 g/mol. The molecule has 1 aliphatic rings. The lowest BCUT2D eigenvalue weighted by atomic mass is 10.1. The zero-order valence-electron chi connectivity index (χ0n) is 12.1. The van der Waals surface area contributed by atoms with Crippen LogP contribution in [-0.2, 0) is 14.3 Å². The van der Waals surface area contributed by atoms with Gasteiger partial charge < -0.3 is 20.7 Å². The van der Waals surface area contributed by atoms with E-state index in [0.717, 1.165) is 4.90 Å². The van der Waals surface area contributed by atoms with Crippen LogP contribution in [0.3, 0.4) is 0 Å². The molecule has 0 atom stereocenters. The van der Waals surface area contributed by atoms with Gasteiger partial charge in [0.25, 0.3) is 5.91 Å². The number of rotatable bonds is 8. The van der Waals surface area contributed by atoms with E-state index in [2.05, 4.69) is 16.0 Å². The molecule has 8 nitrogen and oxygen atoms in total. The first-order valence-electron chi connectivity index (χ1n) is 6.49. The molecule has 0 spiro atoms. The number of nitrogens with zero attached hydrogens (tertiary/aromatic N) is 1. The van der Waals surface area contributed by atoms with Gasteiger partial charge in [0.15, 0.2) is 0 Å². The number of carbonyl (C=O) groups is 3. The van der Waals surface area contributed by atoms with Crippen LogP contribution in [-0.4, -0.2) is 68.2 Å². The van der Waals surface area contributed by atoms with Crippen molar-refractivity contribution < 1.29 is 19.1 Å². The Balaban J connectivity index is 2.26. The highest BCUT2D eigenvalue weighted by Crippen LogP contribution is 2.15. The van der Waals surface area contributed by atoms with Crippen molar-refractivity contribution in [3.05, 3.63) is 0 Å². The number of amides is 4. The molecule has 1 saturated heterocycles. The van der Waals surface area contributed by atoms with Gasteiger partial charge in [0.2, 0.25) is 5.91 Å². The maximum absolute atomic E-state index is 11.9. The van der Waals surface area contributed by atoms with Crippen LogP contribution in [0.2, 0.25) is 0 Å². The van der Waals surface area contributed by atoms with Crippen LogP contribution in [0.1, 0.15) is 13.8 Å². The Bertz CT molecular complexity index is 384. The van der Waals surface area contributed by atoms with Crippen LogP contribution in [0, 0.1) is 0 Å². The maximum atomic E-state index is 11.9. The fraction of sp³-hybridized carbons (Fsp3) is 0.750. The van der Waals surface area contributed by atoms with E-state index in [9.17, 15) is 14.4 Å². The van der Waals surface area contributed by atoms with Gasteiger partial charge in [-0.3, -0.25) is 14.5 Å². The number of ether oxygens (including phenoxy) is 1. The molecule has 20 heavy (non-hydrogen) atoms.